The number of benzene rings is 1. The number of hydrogen-bond acceptors (Lipinski definition) is 6. The highest BCUT2D eigenvalue weighted by atomic mass is 16.5. The highest BCUT2D eigenvalue weighted by molar-refractivity contribution is 5.56. The Morgan fingerprint density at radius 3 is 2.94 bits per heavy atom. The number of rotatable bonds is 3. The van der Waals surface area contributed by atoms with Crippen LogP contribution < -0.4 is 5.73 Å². The van der Waals surface area contributed by atoms with Crippen molar-refractivity contribution in [3.05, 3.63) is 30.2 Å². The highest BCUT2D eigenvalue weighted by Crippen LogP contribution is 2.21. The third-order valence-corrected chi connectivity index (χ3v) is 2.05. The first kappa shape index (κ1) is 10.6. The summed E-state index contributed by atoms with van der Waals surface area (Å²) in [6.07, 6.45) is -0.960. The molecule has 1 aromatic carbocycles. The Labute approximate surface area is 91.3 Å². The zero-order chi connectivity index (χ0) is 11.5. The van der Waals surface area contributed by atoms with Crippen molar-refractivity contribution >= 4 is 0 Å². The molecule has 0 aliphatic rings. The Morgan fingerprint density at radius 2 is 2.25 bits per heavy atom. The number of aliphatic hydroxyl groups is 1. The predicted octanol–water partition coefficient (Wildman–Crippen LogP) is 0.434. The first-order chi connectivity index (χ1) is 7.70. The van der Waals surface area contributed by atoms with Crippen molar-refractivity contribution in [2.75, 3.05) is 6.54 Å². The summed E-state index contributed by atoms with van der Waals surface area (Å²) in [5.41, 5.74) is 5.87. The summed E-state index contributed by atoms with van der Waals surface area (Å²) in [7, 11) is 0. The second kappa shape index (κ2) is 4.30. The summed E-state index contributed by atoms with van der Waals surface area (Å²) in [5.74, 6) is 0.488. The van der Waals surface area contributed by atoms with Crippen molar-refractivity contribution in [3.8, 4) is 17.1 Å². The molecule has 2 aromatic rings. The molecular formula is C10H11N3O3. The molecule has 0 fully saturated rings. The van der Waals surface area contributed by atoms with E-state index in [9.17, 15) is 10.2 Å². The van der Waals surface area contributed by atoms with Crippen molar-refractivity contribution in [1.29, 1.82) is 0 Å². The molecule has 6 nitrogen and oxygen atoms in total. The number of aromatic nitrogens is 2. The van der Waals surface area contributed by atoms with E-state index in [0.717, 1.165) is 0 Å². The lowest BCUT2D eigenvalue weighted by Crippen LogP contribution is -2.11. The molecule has 16 heavy (non-hydrogen) atoms. The molecule has 0 aliphatic carbocycles. The molecular weight excluding hydrogens is 210 g/mol. The maximum absolute atomic E-state index is 9.37. The Morgan fingerprint density at radius 1 is 1.44 bits per heavy atom. The zero-order valence-electron chi connectivity index (χ0n) is 8.37. The summed E-state index contributed by atoms with van der Waals surface area (Å²) in [6, 6.07) is 6.44. The fraction of sp³-hybridized carbons (Fsp3) is 0.200. The van der Waals surface area contributed by atoms with Gasteiger partial charge >= 0.3 is 0 Å². The molecule has 6 heteroatoms. The Hall–Kier alpha value is -1.92. The minimum absolute atomic E-state index is 0.0155. The predicted molar refractivity (Wildman–Crippen MR) is 55.4 cm³/mol. The Balaban J connectivity index is 2.31. The van der Waals surface area contributed by atoms with Crippen LogP contribution in [0.15, 0.2) is 28.8 Å². The van der Waals surface area contributed by atoms with Crippen LogP contribution in [-0.4, -0.2) is 26.9 Å². The van der Waals surface area contributed by atoms with Crippen LogP contribution in [0, 0.1) is 0 Å². The second-order valence-corrected chi connectivity index (χ2v) is 3.26. The topological polar surface area (TPSA) is 105 Å². The van der Waals surface area contributed by atoms with Crippen molar-refractivity contribution in [2.24, 2.45) is 5.73 Å². The van der Waals surface area contributed by atoms with Gasteiger partial charge in [-0.15, -0.1) is 0 Å². The third kappa shape index (κ3) is 2.02. The molecule has 4 N–H and O–H groups in total. The molecule has 1 aromatic heterocycles. The smallest absolute Gasteiger partial charge is 0.257 e. The van der Waals surface area contributed by atoms with E-state index in [4.69, 9.17) is 10.3 Å². The minimum atomic E-state index is -0.960. The zero-order valence-corrected chi connectivity index (χ0v) is 8.37. The van der Waals surface area contributed by atoms with Crippen LogP contribution in [0.4, 0.5) is 0 Å². The monoisotopic (exact) mass is 221 g/mol. The molecule has 84 valence electrons. The van der Waals surface area contributed by atoms with Crippen LogP contribution in [0.5, 0.6) is 5.75 Å². The fourth-order valence-corrected chi connectivity index (χ4v) is 1.23. The van der Waals surface area contributed by atoms with Gasteiger partial charge in [0, 0.05) is 12.1 Å². The van der Waals surface area contributed by atoms with Crippen LogP contribution in [0.2, 0.25) is 0 Å². The molecule has 0 bridgehead atoms. The summed E-state index contributed by atoms with van der Waals surface area (Å²) in [5, 5.41) is 22.3. The van der Waals surface area contributed by atoms with E-state index in [1.165, 1.54) is 6.07 Å². The standard InChI is InChI=1S/C10H11N3O3/c11-5-8(15)10-12-9(13-16-10)6-2-1-3-7(14)4-6/h1-4,8,14-15H,5,11H2. The molecule has 0 saturated carbocycles. The van der Waals surface area contributed by atoms with Gasteiger partial charge in [-0.1, -0.05) is 17.3 Å². The minimum Gasteiger partial charge on any atom is -0.508 e. The van der Waals surface area contributed by atoms with Crippen molar-refractivity contribution in [1.82, 2.24) is 10.1 Å². The quantitative estimate of drug-likeness (QED) is 0.694. The van der Waals surface area contributed by atoms with Gasteiger partial charge in [-0.25, -0.2) is 0 Å². The molecule has 0 amide bonds. The van der Waals surface area contributed by atoms with Crippen molar-refractivity contribution in [3.63, 3.8) is 0 Å². The lowest BCUT2D eigenvalue weighted by atomic mass is 10.2. The summed E-state index contributed by atoms with van der Waals surface area (Å²) in [4.78, 5) is 3.97. The molecule has 0 aliphatic heterocycles. The Bertz CT molecular complexity index is 484. The maximum atomic E-state index is 9.37. The van der Waals surface area contributed by atoms with Crippen LogP contribution >= 0.6 is 0 Å². The number of phenolic OH excluding ortho intramolecular Hbond substituents is 1. The van der Waals surface area contributed by atoms with E-state index in [2.05, 4.69) is 10.1 Å². The summed E-state index contributed by atoms with van der Waals surface area (Å²) < 4.78 is 4.84. The SMILES string of the molecule is NCC(O)c1nc(-c2cccc(O)c2)no1. The van der Waals surface area contributed by atoms with Crippen molar-refractivity contribution < 1.29 is 14.7 Å². The van der Waals surface area contributed by atoms with E-state index in [-0.39, 0.29) is 18.2 Å². The van der Waals surface area contributed by atoms with E-state index in [1.54, 1.807) is 18.2 Å². The van der Waals surface area contributed by atoms with Gasteiger partial charge in [-0.05, 0) is 12.1 Å². The second-order valence-electron chi connectivity index (χ2n) is 3.26. The number of nitrogens with zero attached hydrogens (tertiary/aromatic N) is 2. The first-order valence-corrected chi connectivity index (χ1v) is 4.72. The first-order valence-electron chi connectivity index (χ1n) is 4.72. The molecule has 0 spiro atoms. The average Bonchev–Trinajstić information content (AvgIpc) is 2.77. The van der Waals surface area contributed by atoms with Gasteiger partial charge < -0.3 is 20.5 Å². The molecule has 1 atom stereocenters. The molecule has 1 heterocycles. The number of nitrogens with two attached hydrogens (primary N) is 1. The Kier molecular flexibility index (Phi) is 2.84. The van der Waals surface area contributed by atoms with E-state index in [0.29, 0.717) is 11.4 Å². The number of aliphatic hydroxyl groups excluding tert-OH is 1. The van der Waals surface area contributed by atoms with E-state index >= 15 is 0 Å². The average molecular weight is 221 g/mol. The lowest BCUT2D eigenvalue weighted by molar-refractivity contribution is 0.141. The van der Waals surface area contributed by atoms with E-state index in [1.807, 2.05) is 0 Å². The normalized spacial score (nSPS) is 12.6. The van der Waals surface area contributed by atoms with Crippen LogP contribution in [0.25, 0.3) is 11.4 Å². The molecule has 0 saturated heterocycles. The molecule has 0 radical (unpaired) electrons. The summed E-state index contributed by atoms with van der Waals surface area (Å²) >= 11 is 0. The molecule has 2 rings (SSSR count). The van der Waals surface area contributed by atoms with Crippen LogP contribution in [0.3, 0.4) is 0 Å². The fourth-order valence-electron chi connectivity index (χ4n) is 1.23. The number of phenols is 1. The largest absolute Gasteiger partial charge is 0.508 e. The summed E-state index contributed by atoms with van der Waals surface area (Å²) in [6.45, 7) is 0.0155. The molecule has 1 unspecified atom stereocenters. The van der Waals surface area contributed by atoms with Crippen LogP contribution in [0.1, 0.15) is 12.0 Å². The highest BCUT2D eigenvalue weighted by Gasteiger charge is 2.15. The van der Waals surface area contributed by atoms with Crippen LogP contribution in [-0.2, 0) is 0 Å². The number of aromatic hydroxyl groups is 1. The van der Waals surface area contributed by atoms with Gasteiger partial charge in [0.25, 0.3) is 5.89 Å². The van der Waals surface area contributed by atoms with Gasteiger partial charge in [0.15, 0.2) is 0 Å². The number of hydrogen-bond donors (Lipinski definition) is 3. The maximum Gasteiger partial charge on any atom is 0.257 e. The van der Waals surface area contributed by atoms with Gasteiger partial charge in [0.2, 0.25) is 5.82 Å². The van der Waals surface area contributed by atoms with Gasteiger partial charge in [-0.3, -0.25) is 0 Å². The van der Waals surface area contributed by atoms with Gasteiger partial charge in [-0.2, -0.15) is 4.98 Å². The van der Waals surface area contributed by atoms with E-state index < -0.39 is 6.10 Å². The lowest BCUT2D eigenvalue weighted by Gasteiger charge is -1.98. The van der Waals surface area contributed by atoms with Gasteiger partial charge in [0.05, 0.1) is 0 Å². The van der Waals surface area contributed by atoms with Crippen molar-refractivity contribution in [2.45, 2.75) is 6.10 Å². The third-order valence-electron chi connectivity index (χ3n) is 2.05. The van der Waals surface area contributed by atoms with Gasteiger partial charge in [0.1, 0.15) is 11.9 Å².